The Bertz CT molecular complexity index is 320. The summed E-state index contributed by atoms with van der Waals surface area (Å²) in [4.78, 5) is 2.57. The molecular formula is C14H25NOS. The molecule has 2 nitrogen and oxygen atoms in total. The third kappa shape index (κ3) is 5.19. The first-order valence-corrected chi connectivity index (χ1v) is 7.26. The van der Waals surface area contributed by atoms with E-state index in [1.165, 1.54) is 16.2 Å². The Morgan fingerprint density at radius 2 is 2.00 bits per heavy atom. The van der Waals surface area contributed by atoms with Crippen LogP contribution in [0.4, 0.5) is 0 Å². The van der Waals surface area contributed by atoms with E-state index in [1.807, 2.05) is 6.92 Å². The molecule has 1 rings (SSSR count). The van der Waals surface area contributed by atoms with Crippen molar-refractivity contribution in [1.29, 1.82) is 0 Å². The van der Waals surface area contributed by atoms with E-state index in [4.69, 9.17) is 10.5 Å². The summed E-state index contributed by atoms with van der Waals surface area (Å²) >= 11 is 1.78. The van der Waals surface area contributed by atoms with Crippen LogP contribution in [0.5, 0.6) is 0 Å². The maximum Gasteiger partial charge on any atom is 0.106 e. The molecule has 1 heterocycles. The molecule has 0 aliphatic carbocycles. The van der Waals surface area contributed by atoms with E-state index in [2.05, 4.69) is 32.9 Å². The number of thiophene rings is 1. The third-order valence-corrected chi connectivity index (χ3v) is 3.80. The molecular weight excluding hydrogens is 230 g/mol. The molecule has 0 saturated heterocycles. The number of hydrogen-bond donors (Lipinski definition) is 1. The zero-order valence-corrected chi connectivity index (χ0v) is 12.2. The Kier molecular flexibility index (Phi) is 6.17. The van der Waals surface area contributed by atoms with E-state index < -0.39 is 0 Å². The summed E-state index contributed by atoms with van der Waals surface area (Å²) in [7, 11) is 0. The minimum absolute atomic E-state index is 0.0482. The third-order valence-electron chi connectivity index (χ3n) is 2.74. The number of hydrogen-bond acceptors (Lipinski definition) is 3. The summed E-state index contributed by atoms with van der Waals surface area (Å²) < 4.78 is 5.94. The molecule has 0 radical (unpaired) electrons. The highest BCUT2D eigenvalue weighted by atomic mass is 32.1. The minimum atomic E-state index is 0.0482. The van der Waals surface area contributed by atoms with E-state index >= 15 is 0 Å². The van der Waals surface area contributed by atoms with Crippen LogP contribution in [0.25, 0.3) is 0 Å². The van der Waals surface area contributed by atoms with Crippen LogP contribution in [0.1, 0.15) is 49.5 Å². The van der Waals surface area contributed by atoms with Crippen molar-refractivity contribution in [3.8, 4) is 0 Å². The number of aryl methyl sites for hydroxylation is 1. The standard InChI is InChI=1S/C14H25NOS/c1-10(2)6-5-9-16-14(12(4)15)13-8-7-11(3)17-13/h7-8,10,12,14H,5-6,9,15H2,1-4H3. The van der Waals surface area contributed by atoms with Gasteiger partial charge in [0.15, 0.2) is 0 Å². The van der Waals surface area contributed by atoms with Crippen LogP contribution >= 0.6 is 11.3 Å². The molecule has 1 aromatic rings. The summed E-state index contributed by atoms with van der Waals surface area (Å²) in [5, 5.41) is 0. The molecule has 17 heavy (non-hydrogen) atoms. The van der Waals surface area contributed by atoms with Crippen LogP contribution in [0, 0.1) is 12.8 Å². The van der Waals surface area contributed by atoms with Gasteiger partial charge >= 0.3 is 0 Å². The molecule has 0 aliphatic rings. The minimum Gasteiger partial charge on any atom is -0.371 e. The average molecular weight is 255 g/mol. The molecule has 0 bridgehead atoms. The van der Waals surface area contributed by atoms with Gasteiger partial charge in [0.25, 0.3) is 0 Å². The van der Waals surface area contributed by atoms with Gasteiger partial charge in [0, 0.05) is 22.4 Å². The topological polar surface area (TPSA) is 35.2 Å². The maximum atomic E-state index is 6.00. The monoisotopic (exact) mass is 255 g/mol. The van der Waals surface area contributed by atoms with Gasteiger partial charge in [-0.3, -0.25) is 0 Å². The number of rotatable bonds is 7. The predicted molar refractivity (Wildman–Crippen MR) is 75.5 cm³/mol. The van der Waals surface area contributed by atoms with Crippen LogP contribution < -0.4 is 5.73 Å². The highest BCUT2D eigenvalue weighted by molar-refractivity contribution is 7.12. The van der Waals surface area contributed by atoms with Crippen molar-refractivity contribution in [1.82, 2.24) is 0 Å². The van der Waals surface area contributed by atoms with Crippen molar-refractivity contribution in [2.24, 2.45) is 11.7 Å². The van der Waals surface area contributed by atoms with E-state index in [9.17, 15) is 0 Å². The summed E-state index contributed by atoms with van der Waals surface area (Å²) in [6.07, 6.45) is 2.39. The molecule has 3 heteroatoms. The number of ether oxygens (including phenoxy) is 1. The molecule has 0 spiro atoms. The normalized spacial score (nSPS) is 15.2. The van der Waals surface area contributed by atoms with Crippen molar-refractivity contribution in [3.05, 3.63) is 21.9 Å². The fraction of sp³-hybridized carbons (Fsp3) is 0.714. The van der Waals surface area contributed by atoms with Crippen molar-refractivity contribution < 1.29 is 4.74 Å². The molecule has 1 aromatic heterocycles. The molecule has 0 fully saturated rings. The second-order valence-electron chi connectivity index (χ2n) is 5.13. The Morgan fingerprint density at radius 3 is 2.47 bits per heavy atom. The highest BCUT2D eigenvalue weighted by Gasteiger charge is 2.18. The fourth-order valence-electron chi connectivity index (χ4n) is 1.80. The Hall–Kier alpha value is -0.380. The van der Waals surface area contributed by atoms with Crippen LogP contribution in [-0.2, 0) is 4.74 Å². The van der Waals surface area contributed by atoms with Crippen molar-refractivity contribution in [2.75, 3.05) is 6.61 Å². The van der Waals surface area contributed by atoms with Gasteiger partial charge in [-0.1, -0.05) is 13.8 Å². The second-order valence-corrected chi connectivity index (χ2v) is 6.45. The van der Waals surface area contributed by atoms with Gasteiger partial charge in [0.2, 0.25) is 0 Å². The lowest BCUT2D eigenvalue weighted by Crippen LogP contribution is -2.26. The highest BCUT2D eigenvalue weighted by Crippen LogP contribution is 2.27. The molecule has 2 unspecified atom stereocenters. The van der Waals surface area contributed by atoms with Crippen LogP contribution in [0.2, 0.25) is 0 Å². The van der Waals surface area contributed by atoms with Crippen molar-refractivity contribution in [2.45, 2.75) is 52.7 Å². The van der Waals surface area contributed by atoms with E-state index in [0.29, 0.717) is 0 Å². The van der Waals surface area contributed by atoms with Crippen LogP contribution in [0.3, 0.4) is 0 Å². The summed E-state index contributed by atoms with van der Waals surface area (Å²) in [6.45, 7) is 9.42. The summed E-state index contributed by atoms with van der Waals surface area (Å²) in [5.41, 5.74) is 6.00. The molecule has 2 atom stereocenters. The zero-order chi connectivity index (χ0) is 12.8. The first-order chi connectivity index (χ1) is 8.00. The second kappa shape index (κ2) is 7.14. The van der Waals surface area contributed by atoms with Gasteiger partial charge in [-0.2, -0.15) is 0 Å². The maximum absolute atomic E-state index is 6.00. The van der Waals surface area contributed by atoms with Crippen molar-refractivity contribution >= 4 is 11.3 Å². The van der Waals surface area contributed by atoms with Gasteiger partial charge in [-0.25, -0.2) is 0 Å². The van der Waals surface area contributed by atoms with Crippen LogP contribution in [0.15, 0.2) is 12.1 Å². The van der Waals surface area contributed by atoms with E-state index in [-0.39, 0.29) is 12.1 Å². The smallest absolute Gasteiger partial charge is 0.106 e. The lowest BCUT2D eigenvalue weighted by molar-refractivity contribution is 0.0372. The van der Waals surface area contributed by atoms with E-state index in [1.54, 1.807) is 11.3 Å². The van der Waals surface area contributed by atoms with Crippen LogP contribution in [-0.4, -0.2) is 12.6 Å². The largest absolute Gasteiger partial charge is 0.371 e. The summed E-state index contributed by atoms with van der Waals surface area (Å²) in [5.74, 6) is 0.747. The quantitative estimate of drug-likeness (QED) is 0.750. The number of nitrogens with two attached hydrogens (primary N) is 1. The SMILES string of the molecule is Cc1ccc(C(OCCCC(C)C)C(C)N)s1. The van der Waals surface area contributed by atoms with Gasteiger partial charge in [0.1, 0.15) is 6.10 Å². The molecule has 0 aliphatic heterocycles. The zero-order valence-electron chi connectivity index (χ0n) is 11.4. The Morgan fingerprint density at radius 1 is 1.29 bits per heavy atom. The lowest BCUT2D eigenvalue weighted by Gasteiger charge is -2.20. The van der Waals surface area contributed by atoms with Gasteiger partial charge < -0.3 is 10.5 Å². The Balaban J connectivity index is 2.44. The fourth-order valence-corrected chi connectivity index (χ4v) is 2.84. The van der Waals surface area contributed by atoms with Crippen molar-refractivity contribution in [3.63, 3.8) is 0 Å². The van der Waals surface area contributed by atoms with Gasteiger partial charge in [-0.05, 0) is 44.7 Å². The average Bonchev–Trinajstić information content (AvgIpc) is 2.63. The van der Waals surface area contributed by atoms with Gasteiger partial charge in [-0.15, -0.1) is 11.3 Å². The molecule has 0 amide bonds. The first kappa shape index (κ1) is 14.7. The predicted octanol–water partition coefficient (Wildman–Crippen LogP) is 3.90. The Labute approximate surface area is 109 Å². The van der Waals surface area contributed by atoms with Gasteiger partial charge in [0.05, 0.1) is 0 Å². The lowest BCUT2D eigenvalue weighted by atomic mass is 10.1. The molecule has 2 N–H and O–H groups in total. The van der Waals surface area contributed by atoms with E-state index in [0.717, 1.165) is 18.9 Å². The summed E-state index contributed by atoms with van der Waals surface area (Å²) in [6, 6.07) is 4.32. The first-order valence-electron chi connectivity index (χ1n) is 6.44. The molecule has 98 valence electrons. The molecule has 0 saturated carbocycles. The molecule has 0 aromatic carbocycles.